The second-order valence-electron chi connectivity index (χ2n) is 4.94. The van der Waals surface area contributed by atoms with Crippen LogP contribution in [0.5, 0.6) is 0 Å². The Kier molecular flexibility index (Phi) is 5.48. The number of nitrogens with one attached hydrogen (secondary N) is 1. The van der Waals surface area contributed by atoms with Crippen LogP contribution in [0.1, 0.15) is 24.6 Å². The molecule has 0 aromatic carbocycles. The van der Waals surface area contributed by atoms with Gasteiger partial charge >= 0.3 is 5.82 Å². The molecule has 124 valence electrons. The van der Waals surface area contributed by atoms with E-state index < -0.39 is 4.92 Å². The van der Waals surface area contributed by atoms with E-state index in [0.717, 1.165) is 17.8 Å². The van der Waals surface area contributed by atoms with E-state index in [9.17, 15) is 14.9 Å². The molecule has 1 N–H and O–H groups in total. The van der Waals surface area contributed by atoms with E-state index in [0.29, 0.717) is 11.0 Å². The average Bonchev–Trinajstić information content (AvgIpc) is 3.05. The highest BCUT2D eigenvalue weighted by atomic mass is 79.9. The predicted molar refractivity (Wildman–Crippen MR) is 85.7 cm³/mol. The number of hydrogen-bond acceptors (Lipinski definition) is 5. The van der Waals surface area contributed by atoms with E-state index in [1.807, 2.05) is 24.7 Å². The van der Waals surface area contributed by atoms with Crippen LogP contribution in [0.2, 0.25) is 0 Å². The zero-order valence-electron chi connectivity index (χ0n) is 12.8. The third kappa shape index (κ3) is 4.38. The lowest BCUT2D eigenvalue weighted by Gasteiger charge is -2.03. The molecule has 0 radical (unpaired) electrons. The highest BCUT2D eigenvalue weighted by Crippen LogP contribution is 2.21. The first-order chi connectivity index (χ1) is 10.9. The van der Waals surface area contributed by atoms with E-state index in [1.165, 1.54) is 10.9 Å². The molecule has 9 nitrogen and oxygen atoms in total. The van der Waals surface area contributed by atoms with E-state index in [-0.39, 0.29) is 24.7 Å². The van der Waals surface area contributed by atoms with Gasteiger partial charge in [-0.2, -0.15) is 9.78 Å². The van der Waals surface area contributed by atoms with Crippen LogP contribution < -0.4 is 5.32 Å². The maximum absolute atomic E-state index is 11.9. The Hall–Kier alpha value is -2.23. The third-order valence-corrected chi connectivity index (χ3v) is 3.85. The van der Waals surface area contributed by atoms with Crippen molar-refractivity contribution in [1.29, 1.82) is 0 Å². The van der Waals surface area contributed by atoms with Gasteiger partial charge in [-0.1, -0.05) is 0 Å². The van der Waals surface area contributed by atoms with Crippen LogP contribution in [-0.4, -0.2) is 30.4 Å². The van der Waals surface area contributed by atoms with E-state index in [1.54, 1.807) is 0 Å². The van der Waals surface area contributed by atoms with Crippen molar-refractivity contribution in [3.63, 3.8) is 0 Å². The fourth-order valence-electron chi connectivity index (χ4n) is 2.02. The molecule has 2 rings (SSSR count). The fraction of sp³-hybridized carbons (Fsp3) is 0.462. The highest BCUT2D eigenvalue weighted by Gasteiger charge is 2.18. The van der Waals surface area contributed by atoms with Crippen molar-refractivity contribution in [3.05, 3.63) is 38.2 Å². The van der Waals surface area contributed by atoms with Crippen molar-refractivity contribution in [1.82, 2.24) is 24.9 Å². The minimum absolute atomic E-state index is 0.150. The van der Waals surface area contributed by atoms with Gasteiger partial charge in [0.1, 0.15) is 4.47 Å². The number of amides is 1. The molecule has 23 heavy (non-hydrogen) atoms. The topological polar surface area (TPSA) is 108 Å². The molecule has 2 aromatic heterocycles. The first-order valence-electron chi connectivity index (χ1n) is 7.07. The summed E-state index contributed by atoms with van der Waals surface area (Å²) in [6.07, 6.45) is 3.58. The van der Waals surface area contributed by atoms with Gasteiger partial charge in [-0.05, 0) is 34.7 Å². The summed E-state index contributed by atoms with van der Waals surface area (Å²) in [5, 5.41) is 21.6. The Labute approximate surface area is 140 Å². The SMILES string of the molecule is CCn1cc(CNC(=O)CCn2cc(Br)c([N+](=O)[O-])n2)c(C)n1. The number of halogens is 1. The molecule has 0 aliphatic carbocycles. The molecular formula is C13H17BrN6O3. The maximum atomic E-state index is 11.9. The largest absolute Gasteiger partial charge is 0.404 e. The van der Waals surface area contributed by atoms with Crippen molar-refractivity contribution < 1.29 is 9.72 Å². The predicted octanol–water partition coefficient (Wildman–Crippen LogP) is 1.79. The average molecular weight is 385 g/mol. The summed E-state index contributed by atoms with van der Waals surface area (Å²) in [5.41, 5.74) is 1.86. The van der Waals surface area contributed by atoms with Gasteiger partial charge in [-0.3, -0.25) is 9.48 Å². The highest BCUT2D eigenvalue weighted by molar-refractivity contribution is 9.10. The van der Waals surface area contributed by atoms with Crippen molar-refractivity contribution in [2.24, 2.45) is 0 Å². The Morgan fingerprint density at radius 1 is 1.39 bits per heavy atom. The van der Waals surface area contributed by atoms with E-state index >= 15 is 0 Å². The Bertz CT molecular complexity index is 723. The van der Waals surface area contributed by atoms with Crippen molar-refractivity contribution in [2.45, 2.75) is 39.9 Å². The summed E-state index contributed by atoms with van der Waals surface area (Å²) >= 11 is 3.07. The molecular weight excluding hydrogens is 368 g/mol. The number of nitro groups is 1. The normalized spacial score (nSPS) is 10.7. The summed E-state index contributed by atoms with van der Waals surface area (Å²) in [6.45, 7) is 5.35. The van der Waals surface area contributed by atoms with Gasteiger partial charge < -0.3 is 15.4 Å². The van der Waals surface area contributed by atoms with Gasteiger partial charge in [0.25, 0.3) is 0 Å². The molecule has 0 aliphatic rings. The van der Waals surface area contributed by atoms with Crippen LogP contribution in [0.3, 0.4) is 0 Å². The molecule has 2 aromatic rings. The van der Waals surface area contributed by atoms with Gasteiger partial charge in [0.15, 0.2) is 0 Å². The Morgan fingerprint density at radius 3 is 2.70 bits per heavy atom. The molecule has 1 amide bonds. The number of carbonyl (C=O) groups excluding carboxylic acids is 1. The second kappa shape index (κ2) is 7.36. The van der Waals surface area contributed by atoms with Gasteiger partial charge in [0, 0.05) is 31.3 Å². The smallest absolute Gasteiger partial charge is 0.358 e. The number of carbonyl (C=O) groups is 1. The van der Waals surface area contributed by atoms with Crippen LogP contribution in [0, 0.1) is 17.0 Å². The zero-order valence-corrected chi connectivity index (χ0v) is 14.4. The molecule has 10 heteroatoms. The number of nitrogens with zero attached hydrogens (tertiary/aromatic N) is 5. The second-order valence-corrected chi connectivity index (χ2v) is 5.80. The number of hydrogen-bond donors (Lipinski definition) is 1. The molecule has 2 heterocycles. The third-order valence-electron chi connectivity index (χ3n) is 3.29. The van der Waals surface area contributed by atoms with E-state index in [2.05, 4.69) is 31.4 Å². The molecule has 0 atom stereocenters. The Morgan fingerprint density at radius 2 is 2.13 bits per heavy atom. The van der Waals surface area contributed by atoms with E-state index in [4.69, 9.17) is 0 Å². The lowest BCUT2D eigenvalue weighted by atomic mass is 10.2. The first-order valence-corrected chi connectivity index (χ1v) is 7.87. The quantitative estimate of drug-likeness (QED) is 0.578. The maximum Gasteiger partial charge on any atom is 0.404 e. The molecule has 0 saturated carbocycles. The molecule has 0 bridgehead atoms. The number of aromatic nitrogens is 4. The van der Waals surface area contributed by atoms with Crippen LogP contribution in [0.4, 0.5) is 5.82 Å². The van der Waals surface area contributed by atoms with Crippen LogP contribution in [0.15, 0.2) is 16.9 Å². The monoisotopic (exact) mass is 384 g/mol. The minimum atomic E-state index is -0.575. The van der Waals surface area contributed by atoms with Crippen LogP contribution in [0.25, 0.3) is 0 Å². The molecule has 0 fully saturated rings. The summed E-state index contributed by atoms with van der Waals surface area (Å²) < 4.78 is 3.49. The van der Waals surface area contributed by atoms with Crippen molar-refractivity contribution >= 4 is 27.7 Å². The van der Waals surface area contributed by atoms with Gasteiger partial charge in [-0.15, -0.1) is 0 Å². The summed E-state index contributed by atoms with van der Waals surface area (Å²) in [7, 11) is 0. The summed E-state index contributed by atoms with van der Waals surface area (Å²) in [4.78, 5) is 22.0. The molecule has 0 saturated heterocycles. The lowest BCUT2D eigenvalue weighted by molar-refractivity contribution is -0.390. The molecule has 0 aliphatic heterocycles. The minimum Gasteiger partial charge on any atom is -0.358 e. The molecule has 0 spiro atoms. The van der Waals surface area contributed by atoms with Crippen LogP contribution >= 0.6 is 15.9 Å². The van der Waals surface area contributed by atoms with Crippen molar-refractivity contribution in [3.8, 4) is 0 Å². The van der Waals surface area contributed by atoms with Gasteiger partial charge in [-0.25, -0.2) is 0 Å². The van der Waals surface area contributed by atoms with Gasteiger partial charge in [0.2, 0.25) is 5.91 Å². The van der Waals surface area contributed by atoms with Gasteiger partial charge in [0.05, 0.1) is 23.5 Å². The first kappa shape index (κ1) is 17.1. The molecule has 0 unspecified atom stereocenters. The van der Waals surface area contributed by atoms with Crippen LogP contribution in [-0.2, 0) is 24.4 Å². The summed E-state index contributed by atoms with van der Waals surface area (Å²) in [6, 6.07) is 0. The zero-order chi connectivity index (χ0) is 17.0. The standard InChI is InChI=1S/C13H17BrN6O3/c1-3-18-7-10(9(2)16-18)6-15-12(21)4-5-19-8-11(14)13(17-19)20(22)23/h7-8H,3-6H2,1-2H3,(H,15,21). The lowest BCUT2D eigenvalue weighted by Crippen LogP contribution is -2.24. The fourth-order valence-corrected chi connectivity index (χ4v) is 2.48. The number of aryl methyl sites for hydroxylation is 3. The number of rotatable bonds is 7. The van der Waals surface area contributed by atoms with Crippen molar-refractivity contribution in [2.75, 3.05) is 0 Å². The Balaban J connectivity index is 1.84. The summed E-state index contributed by atoms with van der Waals surface area (Å²) in [5.74, 6) is -0.407.